The van der Waals surface area contributed by atoms with E-state index in [2.05, 4.69) is 9.88 Å². The molecule has 0 radical (unpaired) electrons. The van der Waals surface area contributed by atoms with Crippen LogP contribution in [0.15, 0.2) is 42.6 Å². The van der Waals surface area contributed by atoms with Crippen LogP contribution in [-0.4, -0.2) is 47.3 Å². The fraction of sp³-hybridized carbons (Fsp3) is 0.333. The molecule has 8 heteroatoms. The summed E-state index contributed by atoms with van der Waals surface area (Å²) in [5.41, 5.74) is 2.99. The lowest BCUT2D eigenvalue weighted by Gasteiger charge is -2.36. The van der Waals surface area contributed by atoms with Crippen molar-refractivity contribution in [3.05, 3.63) is 53.2 Å². The van der Waals surface area contributed by atoms with Gasteiger partial charge in [0.25, 0.3) is 0 Å². The molecule has 0 amide bonds. The fourth-order valence-electron chi connectivity index (χ4n) is 3.65. The van der Waals surface area contributed by atoms with E-state index in [9.17, 15) is 4.79 Å². The van der Waals surface area contributed by atoms with Crippen LogP contribution in [0.5, 0.6) is 11.5 Å². The predicted octanol–water partition coefficient (Wildman–Crippen LogP) is 5.44. The van der Waals surface area contributed by atoms with Crippen molar-refractivity contribution < 1.29 is 19.4 Å². The average Bonchev–Trinajstić information content (AvgIpc) is 3.21. The molecule has 1 N–H and O–H groups in total. The van der Waals surface area contributed by atoms with Gasteiger partial charge in [-0.25, -0.2) is 4.98 Å². The highest BCUT2D eigenvalue weighted by Crippen LogP contribution is 2.37. The van der Waals surface area contributed by atoms with E-state index < -0.39 is 5.97 Å². The molecule has 0 saturated carbocycles. The first kappa shape index (κ1) is 22.6. The van der Waals surface area contributed by atoms with Gasteiger partial charge in [0.15, 0.2) is 0 Å². The zero-order chi connectivity index (χ0) is 22.8. The lowest BCUT2D eigenvalue weighted by molar-refractivity contribution is -0.147. The number of thiazole rings is 1. The van der Waals surface area contributed by atoms with Crippen molar-refractivity contribution in [3.8, 4) is 32.5 Å². The van der Waals surface area contributed by atoms with Crippen molar-refractivity contribution in [2.75, 3.05) is 20.2 Å². The maximum absolute atomic E-state index is 11.0. The molecule has 0 unspecified atom stereocenters. The molecule has 32 heavy (non-hydrogen) atoms. The lowest BCUT2D eigenvalue weighted by Crippen LogP contribution is -2.49. The average molecular weight is 473 g/mol. The second kappa shape index (κ2) is 9.48. The second-order valence-corrected chi connectivity index (χ2v) is 9.54. The summed E-state index contributed by atoms with van der Waals surface area (Å²) < 4.78 is 11.3. The Morgan fingerprint density at radius 1 is 1.22 bits per heavy atom. The lowest BCUT2D eigenvalue weighted by atomic mass is 9.99. The zero-order valence-electron chi connectivity index (χ0n) is 18.2. The van der Waals surface area contributed by atoms with Crippen LogP contribution in [0.2, 0.25) is 5.02 Å². The van der Waals surface area contributed by atoms with Gasteiger partial charge >= 0.3 is 5.97 Å². The van der Waals surface area contributed by atoms with E-state index in [0.29, 0.717) is 30.4 Å². The van der Waals surface area contributed by atoms with Gasteiger partial charge in [-0.15, -0.1) is 11.3 Å². The molecule has 0 aliphatic carbocycles. The Balaban J connectivity index is 1.50. The summed E-state index contributed by atoms with van der Waals surface area (Å²) in [5, 5.41) is 10.5. The molecule has 0 atom stereocenters. The standard InChI is InChI=1S/C24H25ClN2O4S/c1-14(2)31-20-7-6-15(8-19(20)25)22-10-26-23(32-22)16-4-5-17(21(9-16)30-3)11-27-12-18(13-27)24(28)29/h4-10,14,18H,11-13H2,1-3H3,(H,28,29). The Kier molecular flexibility index (Phi) is 6.69. The molecule has 4 rings (SSSR count). The van der Waals surface area contributed by atoms with Crippen LogP contribution in [0.4, 0.5) is 0 Å². The Labute approximate surface area is 196 Å². The van der Waals surface area contributed by atoms with E-state index in [1.807, 2.05) is 56.4 Å². The number of carboxylic acid groups (broad SMARTS) is 1. The Morgan fingerprint density at radius 3 is 2.62 bits per heavy atom. The largest absolute Gasteiger partial charge is 0.496 e. The highest BCUT2D eigenvalue weighted by molar-refractivity contribution is 7.18. The van der Waals surface area contributed by atoms with Crippen molar-refractivity contribution in [2.45, 2.75) is 26.5 Å². The number of halogens is 1. The van der Waals surface area contributed by atoms with Gasteiger partial charge in [0.2, 0.25) is 0 Å². The molecule has 6 nitrogen and oxygen atoms in total. The van der Waals surface area contributed by atoms with Crippen molar-refractivity contribution in [3.63, 3.8) is 0 Å². The summed E-state index contributed by atoms with van der Waals surface area (Å²) in [6.45, 7) is 5.74. The van der Waals surface area contributed by atoms with Gasteiger partial charge < -0.3 is 14.6 Å². The topological polar surface area (TPSA) is 71.9 Å². The van der Waals surface area contributed by atoms with E-state index in [1.165, 1.54) is 0 Å². The molecule has 1 aromatic heterocycles. The number of carboxylic acids is 1. The molecule has 0 bridgehead atoms. The Morgan fingerprint density at radius 2 is 1.97 bits per heavy atom. The fourth-order valence-corrected chi connectivity index (χ4v) is 4.78. The predicted molar refractivity (Wildman–Crippen MR) is 127 cm³/mol. The summed E-state index contributed by atoms with van der Waals surface area (Å²) in [5.74, 6) is 0.448. The van der Waals surface area contributed by atoms with E-state index in [0.717, 1.165) is 32.3 Å². The number of methoxy groups -OCH3 is 1. The summed E-state index contributed by atoms with van der Waals surface area (Å²) in [6.07, 6.45) is 1.91. The van der Waals surface area contributed by atoms with Crippen LogP contribution < -0.4 is 9.47 Å². The Hall–Kier alpha value is -2.61. The maximum atomic E-state index is 11.0. The number of rotatable bonds is 8. The van der Waals surface area contributed by atoms with Crippen LogP contribution >= 0.6 is 22.9 Å². The third-order valence-electron chi connectivity index (χ3n) is 5.32. The van der Waals surface area contributed by atoms with E-state index in [4.69, 9.17) is 26.2 Å². The molecule has 1 saturated heterocycles. The van der Waals surface area contributed by atoms with Crippen LogP contribution in [0.25, 0.3) is 21.0 Å². The third kappa shape index (κ3) is 4.90. The summed E-state index contributed by atoms with van der Waals surface area (Å²) in [6, 6.07) is 11.8. The quantitative estimate of drug-likeness (QED) is 0.470. The van der Waals surface area contributed by atoms with Crippen molar-refractivity contribution in [1.82, 2.24) is 9.88 Å². The van der Waals surface area contributed by atoms with E-state index in [-0.39, 0.29) is 12.0 Å². The molecular weight excluding hydrogens is 448 g/mol. The van der Waals surface area contributed by atoms with Crippen LogP contribution in [0.1, 0.15) is 19.4 Å². The van der Waals surface area contributed by atoms with Crippen LogP contribution in [0, 0.1) is 5.92 Å². The highest BCUT2D eigenvalue weighted by Gasteiger charge is 2.32. The minimum absolute atomic E-state index is 0.0611. The highest BCUT2D eigenvalue weighted by atomic mass is 35.5. The molecular formula is C24H25ClN2O4S. The third-order valence-corrected chi connectivity index (χ3v) is 6.71. The molecule has 2 aromatic carbocycles. The molecule has 1 fully saturated rings. The number of hydrogen-bond acceptors (Lipinski definition) is 6. The number of hydrogen-bond donors (Lipinski definition) is 1. The SMILES string of the molecule is COc1cc(-c2ncc(-c3ccc(OC(C)C)c(Cl)c3)s2)ccc1CN1CC(C(=O)O)C1. The smallest absolute Gasteiger partial charge is 0.309 e. The number of carbonyl (C=O) groups is 1. The van der Waals surface area contributed by atoms with Gasteiger partial charge in [0.1, 0.15) is 16.5 Å². The summed E-state index contributed by atoms with van der Waals surface area (Å²) in [7, 11) is 1.65. The molecule has 1 aliphatic heterocycles. The summed E-state index contributed by atoms with van der Waals surface area (Å²) >= 11 is 7.98. The van der Waals surface area contributed by atoms with Gasteiger partial charge in [0.05, 0.1) is 29.0 Å². The zero-order valence-corrected chi connectivity index (χ0v) is 19.7. The molecule has 168 valence electrons. The van der Waals surface area contributed by atoms with Gasteiger partial charge in [-0.05, 0) is 43.7 Å². The molecule has 3 aromatic rings. The van der Waals surface area contributed by atoms with Crippen LogP contribution in [-0.2, 0) is 11.3 Å². The number of benzene rings is 2. The van der Waals surface area contributed by atoms with Crippen molar-refractivity contribution in [2.24, 2.45) is 5.92 Å². The first-order chi connectivity index (χ1) is 15.3. The first-order valence-electron chi connectivity index (χ1n) is 10.4. The van der Waals surface area contributed by atoms with E-state index in [1.54, 1.807) is 18.4 Å². The normalized spacial score (nSPS) is 14.4. The molecule has 0 spiro atoms. The monoisotopic (exact) mass is 472 g/mol. The van der Waals surface area contributed by atoms with Gasteiger partial charge in [-0.3, -0.25) is 9.69 Å². The molecule has 2 heterocycles. The minimum atomic E-state index is -0.730. The van der Waals surface area contributed by atoms with Gasteiger partial charge in [0, 0.05) is 37.0 Å². The second-order valence-electron chi connectivity index (χ2n) is 8.10. The summed E-state index contributed by atoms with van der Waals surface area (Å²) in [4.78, 5) is 18.7. The van der Waals surface area contributed by atoms with E-state index >= 15 is 0 Å². The number of aromatic nitrogens is 1. The van der Waals surface area contributed by atoms with Crippen molar-refractivity contribution >= 4 is 28.9 Å². The maximum Gasteiger partial charge on any atom is 0.309 e. The number of ether oxygens (including phenoxy) is 2. The number of likely N-dealkylation sites (tertiary alicyclic amines) is 1. The van der Waals surface area contributed by atoms with Gasteiger partial charge in [-0.1, -0.05) is 23.7 Å². The minimum Gasteiger partial charge on any atom is -0.496 e. The Bertz CT molecular complexity index is 1120. The number of aliphatic carboxylic acids is 1. The number of nitrogens with zero attached hydrogens (tertiary/aromatic N) is 2. The van der Waals surface area contributed by atoms with Crippen molar-refractivity contribution in [1.29, 1.82) is 0 Å². The van der Waals surface area contributed by atoms with Gasteiger partial charge in [-0.2, -0.15) is 0 Å². The first-order valence-corrected chi connectivity index (χ1v) is 11.6. The molecule has 1 aliphatic rings. The van der Waals surface area contributed by atoms with Crippen LogP contribution in [0.3, 0.4) is 0 Å².